The van der Waals surface area contributed by atoms with E-state index in [1.165, 1.54) is 12.1 Å². The quantitative estimate of drug-likeness (QED) is 0.686. The molecule has 20 heavy (non-hydrogen) atoms. The van der Waals surface area contributed by atoms with E-state index in [0.29, 0.717) is 11.3 Å². The van der Waals surface area contributed by atoms with Crippen molar-refractivity contribution in [2.75, 3.05) is 12.4 Å². The molecule has 1 atom stereocenters. The van der Waals surface area contributed by atoms with E-state index < -0.39 is 0 Å². The van der Waals surface area contributed by atoms with E-state index >= 15 is 0 Å². The Hall–Kier alpha value is -2.50. The molecule has 0 aliphatic rings. The smallest absolute Gasteiger partial charge is 0.297 e. The summed E-state index contributed by atoms with van der Waals surface area (Å²) in [6.07, 6.45) is 1.79. The van der Waals surface area contributed by atoms with Gasteiger partial charge < -0.3 is 19.8 Å². The number of rotatable bonds is 3. The monoisotopic (exact) mass is 275 g/mol. The van der Waals surface area contributed by atoms with Gasteiger partial charge in [-0.2, -0.15) is 4.98 Å². The van der Waals surface area contributed by atoms with E-state index in [2.05, 4.69) is 15.3 Å². The van der Waals surface area contributed by atoms with Crippen molar-refractivity contribution < 1.29 is 13.9 Å². The van der Waals surface area contributed by atoms with Crippen LogP contribution in [0.25, 0.3) is 10.9 Å². The van der Waals surface area contributed by atoms with Crippen LogP contribution in [-0.4, -0.2) is 22.1 Å². The Balaban J connectivity index is 2.07. The molecule has 0 fully saturated rings. The molecule has 0 saturated carbocycles. The van der Waals surface area contributed by atoms with Gasteiger partial charge >= 0.3 is 0 Å². The van der Waals surface area contributed by atoms with Crippen molar-refractivity contribution in [3.8, 4) is 5.88 Å². The lowest BCUT2D eigenvalue weighted by Gasteiger charge is -2.07. The number of halogens is 1. The fourth-order valence-electron chi connectivity index (χ4n) is 2.33. The number of fused-ring (bicyclic) bond motifs is 1. The molecular weight excluding hydrogens is 261 g/mol. The first-order valence-corrected chi connectivity index (χ1v) is 6.24. The Labute approximate surface area is 114 Å². The highest BCUT2D eigenvalue weighted by atomic mass is 19.1. The molecule has 2 heterocycles. The number of benzene rings is 1. The Morgan fingerprint density at radius 2 is 2.25 bits per heavy atom. The fraction of sp³-hybridized carbons (Fsp3) is 0.214. The van der Waals surface area contributed by atoms with Gasteiger partial charge in [0.1, 0.15) is 5.82 Å². The summed E-state index contributed by atoms with van der Waals surface area (Å²) in [4.78, 5) is 6.88. The van der Waals surface area contributed by atoms with Gasteiger partial charge in [0.2, 0.25) is 0 Å². The van der Waals surface area contributed by atoms with Gasteiger partial charge in [0, 0.05) is 30.1 Å². The number of anilines is 1. The van der Waals surface area contributed by atoms with Gasteiger partial charge in [-0.15, -0.1) is 0 Å². The third kappa shape index (κ3) is 1.89. The minimum atomic E-state index is -0.293. The first kappa shape index (κ1) is 12.5. The van der Waals surface area contributed by atoms with Crippen LogP contribution in [0.1, 0.15) is 24.2 Å². The zero-order chi connectivity index (χ0) is 14.3. The highest BCUT2D eigenvalue weighted by molar-refractivity contribution is 5.84. The summed E-state index contributed by atoms with van der Waals surface area (Å²) in [5, 5.41) is 13.5. The molecule has 1 unspecified atom stereocenters. The molecule has 2 aromatic heterocycles. The van der Waals surface area contributed by atoms with Gasteiger partial charge in [-0.1, -0.05) is 6.92 Å². The molecule has 0 spiro atoms. The van der Waals surface area contributed by atoms with Gasteiger partial charge in [0.05, 0.1) is 0 Å². The maximum absolute atomic E-state index is 13.2. The Morgan fingerprint density at radius 1 is 1.45 bits per heavy atom. The number of nitrogens with zero attached hydrogens (tertiary/aromatic N) is 1. The van der Waals surface area contributed by atoms with Crippen molar-refractivity contribution >= 4 is 16.9 Å². The number of aromatic amines is 1. The van der Waals surface area contributed by atoms with Crippen molar-refractivity contribution in [2.45, 2.75) is 12.8 Å². The zero-order valence-electron chi connectivity index (χ0n) is 11.1. The van der Waals surface area contributed by atoms with Crippen LogP contribution in [0, 0.1) is 5.82 Å². The second-order valence-corrected chi connectivity index (χ2v) is 4.61. The topological polar surface area (TPSA) is 74.1 Å². The molecular formula is C14H14FN3O2. The molecule has 0 saturated heterocycles. The molecule has 0 radical (unpaired) electrons. The predicted molar refractivity (Wildman–Crippen MR) is 73.5 cm³/mol. The number of H-pyrrole nitrogens is 1. The lowest BCUT2D eigenvalue weighted by molar-refractivity contribution is 0.421. The van der Waals surface area contributed by atoms with E-state index in [1.807, 2.05) is 6.92 Å². The van der Waals surface area contributed by atoms with Crippen LogP contribution in [0.4, 0.5) is 10.4 Å². The summed E-state index contributed by atoms with van der Waals surface area (Å²) in [5.41, 5.74) is 1.62. The average Bonchev–Trinajstić information content (AvgIpc) is 3.01. The summed E-state index contributed by atoms with van der Waals surface area (Å²) in [6.45, 7) is 1.89. The van der Waals surface area contributed by atoms with Gasteiger partial charge in [-0.05, 0) is 23.8 Å². The number of hydrogen-bond donors (Lipinski definition) is 3. The molecule has 1 aromatic carbocycles. The maximum Gasteiger partial charge on any atom is 0.297 e. The van der Waals surface area contributed by atoms with Crippen molar-refractivity contribution in [3.05, 3.63) is 41.5 Å². The first-order valence-electron chi connectivity index (χ1n) is 6.24. The largest absolute Gasteiger partial charge is 0.491 e. The maximum atomic E-state index is 13.2. The molecule has 3 N–H and O–H groups in total. The highest BCUT2D eigenvalue weighted by Crippen LogP contribution is 2.36. The van der Waals surface area contributed by atoms with Crippen LogP contribution in [0.15, 0.2) is 28.8 Å². The lowest BCUT2D eigenvalue weighted by atomic mass is 9.98. The van der Waals surface area contributed by atoms with Gasteiger partial charge in [-0.25, -0.2) is 4.39 Å². The minimum Gasteiger partial charge on any atom is -0.491 e. The molecule has 3 rings (SSSR count). The summed E-state index contributed by atoms with van der Waals surface area (Å²) >= 11 is 0. The van der Waals surface area contributed by atoms with Crippen molar-refractivity contribution in [1.82, 2.24) is 9.97 Å². The van der Waals surface area contributed by atoms with Crippen LogP contribution in [0.5, 0.6) is 5.88 Å². The molecule has 104 valence electrons. The highest BCUT2D eigenvalue weighted by Gasteiger charge is 2.22. The summed E-state index contributed by atoms with van der Waals surface area (Å²) in [5.74, 6) is -0.264. The van der Waals surface area contributed by atoms with Crippen LogP contribution < -0.4 is 5.32 Å². The Morgan fingerprint density at radius 3 is 2.95 bits per heavy atom. The summed E-state index contributed by atoms with van der Waals surface area (Å²) < 4.78 is 18.6. The van der Waals surface area contributed by atoms with Crippen molar-refractivity contribution in [1.29, 1.82) is 0 Å². The number of aromatic nitrogens is 2. The van der Waals surface area contributed by atoms with E-state index in [1.54, 1.807) is 19.3 Å². The third-order valence-electron chi connectivity index (χ3n) is 3.38. The van der Waals surface area contributed by atoms with Crippen LogP contribution in [0.3, 0.4) is 0 Å². The molecule has 6 heteroatoms. The summed E-state index contributed by atoms with van der Waals surface area (Å²) in [6, 6.07) is 4.81. The molecule has 0 aliphatic carbocycles. The van der Waals surface area contributed by atoms with E-state index in [-0.39, 0.29) is 23.6 Å². The molecule has 0 bridgehead atoms. The number of nitrogens with one attached hydrogen (secondary N) is 2. The second kappa shape index (κ2) is 4.56. The van der Waals surface area contributed by atoms with E-state index in [4.69, 9.17) is 4.42 Å². The molecule has 5 nitrogen and oxygen atoms in total. The Kier molecular flexibility index (Phi) is 2.85. The third-order valence-corrected chi connectivity index (χ3v) is 3.38. The fourth-order valence-corrected chi connectivity index (χ4v) is 2.33. The molecule has 0 aliphatic heterocycles. The van der Waals surface area contributed by atoms with Gasteiger partial charge in [0.15, 0.2) is 5.76 Å². The van der Waals surface area contributed by atoms with Crippen LogP contribution >= 0.6 is 0 Å². The second-order valence-electron chi connectivity index (χ2n) is 4.61. The predicted octanol–water partition coefficient (Wildman–Crippen LogP) is 3.19. The lowest BCUT2D eigenvalue weighted by Crippen LogP contribution is -1.93. The zero-order valence-corrected chi connectivity index (χ0v) is 11.1. The van der Waals surface area contributed by atoms with Crippen molar-refractivity contribution in [2.24, 2.45) is 0 Å². The number of hydrogen-bond acceptors (Lipinski definition) is 4. The number of aromatic hydroxyl groups is 1. The average molecular weight is 275 g/mol. The molecule has 3 aromatic rings. The normalized spacial score (nSPS) is 12.8. The first-order chi connectivity index (χ1) is 9.60. The van der Waals surface area contributed by atoms with E-state index in [9.17, 15) is 9.50 Å². The minimum absolute atomic E-state index is 0.140. The molecule has 0 amide bonds. The van der Waals surface area contributed by atoms with E-state index in [0.717, 1.165) is 10.9 Å². The Bertz CT molecular complexity index is 763. The van der Waals surface area contributed by atoms with Gasteiger partial charge in [0.25, 0.3) is 11.9 Å². The van der Waals surface area contributed by atoms with Crippen molar-refractivity contribution in [3.63, 3.8) is 0 Å². The number of oxazole rings is 1. The van der Waals surface area contributed by atoms with Crippen LogP contribution in [-0.2, 0) is 0 Å². The van der Waals surface area contributed by atoms with Crippen LogP contribution in [0.2, 0.25) is 0 Å². The SMILES string of the molecule is CNc1nc(O)c(C(C)c2c[nH]c3cc(F)ccc23)o1. The van der Waals surface area contributed by atoms with Gasteiger partial charge in [-0.3, -0.25) is 0 Å². The summed E-state index contributed by atoms with van der Waals surface area (Å²) in [7, 11) is 1.66. The standard InChI is InChI=1S/C14H14FN3O2/c1-7(12-13(19)18-14(16-2)20-12)10-6-17-11-5-8(15)3-4-9(10)11/h3-7,17,19H,1-2H3,(H,16,18).